The highest BCUT2D eigenvalue weighted by atomic mass is 16.1. The molecule has 45 heavy (non-hydrogen) atoms. The molecule has 0 fully saturated rings. The van der Waals surface area contributed by atoms with E-state index in [4.69, 9.17) is 0 Å². The van der Waals surface area contributed by atoms with Crippen molar-refractivity contribution < 1.29 is 9.37 Å². The molecule has 1 aliphatic rings. The van der Waals surface area contributed by atoms with E-state index in [1.54, 1.807) is 0 Å². The van der Waals surface area contributed by atoms with Gasteiger partial charge in [0.1, 0.15) is 19.1 Å². The van der Waals surface area contributed by atoms with E-state index in [1.807, 2.05) is 0 Å². The maximum atomic E-state index is 12.4. The van der Waals surface area contributed by atoms with Crippen molar-refractivity contribution >= 4 is 11.7 Å². The van der Waals surface area contributed by atoms with Crippen LogP contribution in [0.25, 0.3) is 0 Å². The molecule has 1 heterocycles. The van der Waals surface area contributed by atoms with Gasteiger partial charge in [0.2, 0.25) is 11.7 Å². The minimum Gasteiger partial charge on any atom is -0.352 e. The maximum absolute atomic E-state index is 12.4. The molecule has 2 N–H and O–H groups in total. The number of hydrogen-bond donors (Lipinski definition) is 2. The fourth-order valence-corrected chi connectivity index (χ4v) is 7.06. The van der Waals surface area contributed by atoms with Gasteiger partial charge in [0.05, 0.1) is 6.54 Å². The van der Waals surface area contributed by atoms with Crippen molar-refractivity contribution in [3.63, 3.8) is 0 Å². The molecule has 0 bridgehead atoms. The molecule has 0 saturated heterocycles. The van der Waals surface area contributed by atoms with Gasteiger partial charge in [-0.1, -0.05) is 194 Å². The van der Waals surface area contributed by atoms with Crippen molar-refractivity contribution in [2.45, 2.75) is 232 Å². The normalized spacial score (nSPS) is 14.8. The van der Waals surface area contributed by atoms with Crippen LogP contribution in [0.15, 0.2) is 0 Å². The van der Waals surface area contributed by atoms with E-state index < -0.39 is 0 Å². The number of carbonyl (C=O) groups excluding carboxylic acids is 1. The summed E-state index contributed by atoms with van der Waals surface area (Å²) in [7, 11) is 0. The molecular weight excluding hydrogens is 550 g/mol. The van der Waals surface area contributed by atoms with Gasteiger partial charge in [-0.3, -0.25) is 14.7 Å². The average molecular weight is 633 g/mol. The monoisotopic (exact) mass is 633 g/mol. The van der Waals surface area contributed by atoms with Crippen LogP contribution >= 0.6 is 0 Å². The maximum Gasteiger partial charge on any atom is 0.245 e. The lowest BCUT2D eigenvalue weighted by atomic mass is 10.0. The first-order chi connectivity index (χ1) is 22.2. The summed E-state index contributed by atoms with van der Waals surface area (Å²) < 4.78 is 2.51. The van der Waals surface area contributed by atoms with E-state index >= 15 is 0 Å². The van der Waals surface area contributed by atoms with Crippen LogP contribution in [-0.2, 0) is 4.79 Å². The Kier molecular flexibility index (Phi) is 30.6. The van der Waals surface area contributed by atoms with E-state index in [1.165, 1.54) is 192 Å². The fourth-order valence-electron chi connectivity index (χ4n) is 7.06. The number of carbonyl (C=O) groups is 1. The predicted molar refractivity (Wildman–Crippen MR) is 200 cm³/mol. The summed E-state index contributed by atoms with van der Waals surface area (Å²) in [4.78, 5) is 12.4. The summed E-state index contributed by atoms with van der Waals surface area (Å²) in [6.07, 6.45) is 43.6. The fraction of sp³-hybridized carbons (Fsp3) is 0.951. The van der Waals surface area contributed by atoms with Crippen molar-refractivity contribution in [2.24, 2.45) is 0 Å². The first-order valence-electron chi connectivity index (χ1n) is 20.8. The quantitative estimate of drug-likeness (QED) is 0.0539. The standard InChI is InChI=1S/C41H81N3O/c1-4-6-8-10-12-14-16-18-20-22-24-26-28-30-32-34-40-43-38-39(3)44(40)37-36-42-41(45)35-33-31-29-27-25-23-21-19-17-15-13-11-9-7-5-2/h39H,4-38H2,1-3H3,(H,42,45)/p+1. The number of nitrogens with one attached hydrogen (secondary N) is 2. The Labute approximate surface area is 283 Å². The highest BCUT2D eigenvalue weighted by molar-refractivity contribution is 5.78. The molecule has 1 unspecified atom stereocenters. The van der Waals surface area contributed by atoms with E-state index in [2.05, 4.69) is 36.0 Å². The van der Waals surface area contributed by atoms with Crippen molar-refractivity contribution in [3.8, 4) is 0 Å². The van der Waals surface area contributed by atoms with Gasteiger partial charge in [-0.05, 0) is 19.8 Å². The van der Waals surface area contributed by atoms with Crippen molar-refractivity contribution in [1.82, 2.24) is 10.6 Å². The van der Waals surface area contributed by atoms with Crippen LogP contribution in [0.1, 0.15) is 226 Å². The van der Waals surface area contributed by atoms with Crippen molar-refractivity contribution in [1.29, 1.82) is 0 Å². The van der Waals surface area contributed by atoms with E-state index in [0.717, 1.165) is 32.5 Å². The van der Waals surface area contributed by atoms with Gasteiger partial charge in [0, 0.05) is 12.8 Å². The number of amides is 1. The summed E-state index contributed by atoms with van der Waals surface area (Å²) in [6, 6.07) is 0.531. The molecular formula is C41H82N3O+. The molecule has 1 aliphatic heterocycles. The average Bonchev–Trinajstić information content (AvgIpc) is 3.39. The zero-order valence-electron chi connectivity index (χ0n) is 31.2. The number of nitrogens with zero attached hydrogens (tertiary/aromatic N) is 1. The summed E-state index contributed by atoms with van der Waals surface area (Å²) in [5.41, 5.74) is 0. The van der Waals surface area contributed by atoms with E-state index in [-0.39, 0.29) is 5.91 Å². The van der Waals surface area contributed by atoms with Crippen LogP contribution in [0.3, 0.4) is 0 Å². The largest absolute Gasteiger partial charge is 0.352 e. The minimum absolute atomic E-state index is 0.244. The van der Waals surface area contributed by atoms with Gasteiger partial charge in [0.15, 0.2) is 0 Å². The van der Waals surface area contributed by atoms with E-state index in [9.17, 15) is 4.79 Å². The highest BCUT2D eigenvalue weighted by Gasteiger charge is 2.26. The van der Waals surface area contributed by atoms with Crippen LogP contribution in [0.2, 0.25) is 0 Å². The third kappa shape index (κ3) is 26.7. The Hall–Kier alpha value is -1.06. The Bertz CT molecular complexity index is 676. The Morgan fingerprint density at radius 1 is 0.578 bits per heavy atom. The zero-order chi connectivity index (χ0) is 32.5. The molecule has 0 aromatic heterocycles. The summed E-state index contributed by atoms with van der Waals surface area (Å²) in [6.45, 7) is 9.65. The topological polar surface area (TPSA) is 44.1 Å². The zero-order valence-corrected chi connectivity index (χ0v) is 31.2. The van der Waals surface area contributed by atoms with Gasteiger partial charge >= 0.3 is 0 Å². The Balaban J connectivity index is 1.93. The number of hydrogen-bond acceptors (Lipinski definition) is 2. The van der Waals surface area contributed by atoms with Gasteiger partial charge in [-0.2, -0.15) is 0 Å². The summed E-state index contributed by atoms with van der Waals surface area (Å²) in [5.74, 6) is 1.65. The summed E-state index contributed by atoms with van der Waals surface area (Å²) >= 11 is 0. The molecule has 0 spiro atoms. The Morgan fingerprint density at radius 3 is 1.33 bits per heavy atom. The molecule has 266 valence electrons. The number of rotatable bonds is 35. The van der Waals surface area contributed by atoms with Crippen LogP contribution in [0.5, 0.6) is 0 Å². The number of amidine groups is 1. The third-order valence-electron chi connectivity index (χ3n) is 10.2. The second-order valence-corrected chi connectivity index (χ2v) is 14.6. The first-order valence-corrected chi connectivity index (χ1v) is 20.8. The van der Waals surface area contributed by atoms with Gasteiger partial charge < -0.3 is 5.32 Å². The van der Waals surface area contributed by atoms with Crippen molar-refractivity contribution in [2.75, 3.05) is 19.6 Å². The summed E-state index contributed by atoms with van der Waals surface area (Å²) in [5, 5.41) is 6.86. The molecule has 0 saturated carbocycles. The minimum atomic E-state index is 0.244. The SMILES string of the molecule is CCCCCCCCCCCCCCCCCC(=O)NCC[N+]1=C(CCCCCCCCCCCCCCCCC)NCC1C. The van der Waals surface area contributed by atoms with Crippen molar-refractivity contribution in [3.05, 3.63) is 0 Å². The highest BCUT2D eigenvalue weighted by Crippen LogP contribution is 2.15. The van der Waals surface area contributed by atoms with Crippen LogP contribution < -0.4 is 10.6 Å². The van der Waals surface area contributed by atoms with Crippen LogP contribution in [-0.4, -0.2) is 42.0 Å². The molecule has 1 atom stereocenters. The molecule has 0 aliphatic carbocycles. The molecule has 1 rings (SSSR count). The lowest BCUT2D eigenvalue weighted by molar-refractivity contribution is -0.550. The predicted octanol–water partition coefficient (Wildman–Crippen LogP) is 12.0. The second kappa shape index (κ2) is 32.9. The van der Waals surface area contributed by atoms with Gasteiger partial charge in [0.25, 0.3) is 0 Å². The van der Waals surface area contributed by atoms with Gasteiger partial charge in [-0.15, -0.1) is 0 Å². The molecule has 0 aromatic rings. The molecule has 1 amide bonds. The first kappa shape index (κ1) is 42.0. The van der Waals surface area contributed by atoms with Crippen LogP contribution in [0, 0.1) is 0 Å². The smallest absolute Gasteiger partial charge is 0.245 e. The lowest BCUT2D eigenvalue weighted by Gasteiger charge is -2.10. The van der Waals surface area contributed by atoms with Gasteiger partial charge in [-0.25, -0.2) is 0 Å². The van der Waals surface area contributed by atoms with E-state index in [0.29, 0.717) is 12.5 Å². The molecule has 0 radical (unpaired) electrons. The number of unbranched alkanes of at least 4 members (excludes halogenated alkanes) is 28. The Morgan fingerprint density at radius 2 is 0.933 bits per heavy atom. The second-order valence-electron chi connectivity index (χ2n) is 14.6. The molecule has 0 aromatic carbocycles. The third-order valence-corrected chi connectivity index (χ3v) is 10.2. The van der Waals surface area contributed by atoms with Crippen LogP contribution in [0.4, 0.5) is 0 Å². The lowest BCUT2D eigenvalue weighted by Crippen LogP contribution is -2.34. The molecule has 4 nitrogen and oxygen atoms in total. The molecule has 4 heteroatoms.